The molecule has 0 aliphatic rings. The summed E-state index contributed by atoms with van der Waals surface area (Å²) >= 11 is 0. The number of anilines is 1. The first-order chi connectivity index (χ1) is 11.1. The van der Waals surface area contributed by atoms with E-state index in [9.17, 15) is 4.79 Å². The number of aromatic nitrogens is 2. The van der Waals surface area contributed by atoms with Crippen LogP contribution in [0.4, 0.5) is 5.95 Å². The average Bonchev–Trinajstić information content (AvgIpc) is 2.55. The molecule has 6 heteroatoms. The Hall–Kier alpha value is -2.63. The lowest BCUT2D eigenvalue weighted by molar-refractivity contribution is 0.0938. The van der Waals surface area contributed by atoms with Crippen molar-refractivity contribution in [2.75, 3.05) is 19.0 Å². The van der Waals surface area contributed by atoms with Gasteiger partial charge in [-0.25, -0.2) is 9.97 Å². The molecule has 0 unspecified atom stereocenters. The van der Waals surface area contributed by atoms with Crippen LogP contribution in [-0.2, 0) is 6.42 Å². The van der Waals surface area contributed by atoms with Crippen molar-refractivity contribution in [3.63, 3.8) is 0 Å². The maximum atomic E-state index is 11.9. The molecular formula is C17H22N4O2. The molecule has 0 radical (unpaired) electrons. The second kappa shape index (κ2) is 8.12. The summed E-state index contributed by atoms with van der Waals surface area (Å²) in [6.45, 7) is 4.46. The zero-order chi connectivity index (χ0) is 16.7. The van der Waals surface area contributed by atoms with Crippen molar-refractivity contribution in [3.05, 3.63) is 47.8 Å². The van der Waals surface area contributed by atoms with Gasteiger partial charge in [-0.05, 0) is 38.0 Å². The summed E-state index contributed by atoms with van der Waals surface area (Å²) in [5.41, 5.74) is 1.46. The van der Waals surface area contributed by atoms with E-state index >= 15 is 0 Å². The summed E-state index contributed by atoms with van der Waals surface area (Å²) in [6.07, 6.45) is 2.35. The monoisotopic (exact) mass is 314 g/mol. The van der Waals surface area contributed by atoms with Crippen LogP contribution in [0.5, 0.6) is 5.75 Å². The fourth-order valence-electron chi connectivity index (χ4n) is 2.12. The third-order valence-electron chi connectivity index (χ3n) is 3.18. The molecule has 1 heterocycles. The lowest BCUT2D eigenvalue weighted by Gasteiger charge is -2.10. The van der Waals surface area contributed by atoms with Crippen LogP contribution < -0.4 is 15.4 Å². The molecule has 1 aromatic carbocycles. The molecule has 2 N–H and O–H groups in total. The number of hydrogen-bond donors (Lipinski definition) is 2. The largest absolute Gasteiger partial charge is 0.496 e. The Morgan fingerprint density at radius 1 is 1.26 bits per heavy atom. The first kappa shape index (κ1) is 16.7. The number of nitrogens with zero attached hydrogens (tertiary/aromatic N) is 2. The quantitative estimate of drug-likeness (QED) is 0.820. The van der Waals surface area contributed by atoms with E-state index in [0.29, 0.717) is 18.2 Å². The summed E-state index contributed by atoms with van der Waals surface area (Å²) in [7, 11) is 1.66. The summed E-state index contributed by atoms with van der Waals surface area (Å²) in [6, 6.07) is 9.54. The Kier molecular flexibility index (Phi) is 5.91. The van der Waals surface area contributed by atoms with Crippen LogP contribution in [0.3, 0.4) is 0 Å². The summed E-state index contributed by atoms with van der Waals surface area (Å²) in [5.74, 6) is 1.10. The van der Waals surface area contributed by atoms with Crippen molar-refractivity contribution in [1.82, 2.24) is 15.3 Å². The van der Waals surface area contributed by atoms with Gasteiger partial charge in [0.15, 0.2) is 0 Å². The molecule has 23 heavy (non-hydrogen) atoms. The first-order valence-corrected chi connectivity index (χ1v) is 7.60. The van der Waals surface area contributed by atoms with Gasteiger partial charge in [0.2, 0.25) is 5.95 Å². The summed E-state index contributed by atoms with van der Waals surface area (Å²) in [5, 5.41) is 5.95. The second-order valence-electron chi connectivity index (χ2n) is 5.38. The van der Waals surface area contributed by atoms with Crippen molar-refractivity contribution in [1.29, 1.82) is 0 Å². The predicted molar refractivity (Wildman–Crippen MR) is 89.8 cm³/mol. The zero-order valence-corrected chi connectivity index (χ0v) is 13.7. The third-order valence-corrected chi connectivity index (χ3v) is 3.18. The highest BCUT2D eigenvalue weighted by molar-refractivity contribution is 5.92. The van der Waals surface area contributed by atoms with Crippen LogP contribution in [0, 0.1) is 0 Å². The SMILES string of the molecule is COc1ccccc1CCNc1nccc(C(=O)NC(C)C)n1. The number of methoxy groups -OCH3 is 1. The Morgan fingerprint density at radius 3 is 2.78 bits per heavy atom. The maximum absolute atomic E-state index is 11.9. The standard InChI is InChI=1S/C17H22N4O2/c1-12(2)20-16(22)14-9-11-19-17(21-14)18-10-8-13-6-4-5-7-15(13)23-3/h4-7,9,11-12H,8,10H2,1-3H3,(H,20,22)(H,18,19,21). The molecule has 0 aliphatic heterocycles. The minimum Gasteiger partial charge on any atom is -0.496 e. The van der Waals surface area contributed by atoms with Gasteiger partial charge in [-0.15, -0.1) is 0 Å². The fraction of sp³-hybridized carbons (Fsp3) is 0.353. The number of hydrogen-bond acceptors (Lipinski definition) is 5. The molecule has 0 fully saturated rings. The van der Waals surface area contributed by atoms with Crippen molar-refractivity contribution in [3.8, 4) is 5.75 Å². The zero-order valence-electron chi connectivity index (χ0n) is 13.7. The molecule has 0 spiro atoms. The number of carbonyl (C=O) groups is 1. The molecule has 2 aromatic rings. The van der Waals surface area contributed by atoms with Gasteiger partial charge in [-0.1, -0.05) is 18.2 Å². The Balaban J connectivity index is 1.94. The van der Waals surface area contributed by atoms with E-state index in [0.717, 1.165) is 17.7 Å². The smallest absolute Gasteiger partial charge is 0.270 e. The number of ether oxygens (including phenoxy) is 1. The highest BCUT2D eigenvalue weighted by Crippen LogP contribution is 2.17. The molecule has 0 bridgehead atoms. The van der Waals surface area contributed by atoms with Crippen LogP contribution >= 0.6 is 0 Å². The van der Waals surface area contributed by atoms with Gasteiger partial charge in [-0.3, -0.25) is 4.79 Å². The summed E-state index contributed by atoms with van der Waals surface area (Å²) < 4.78 is 5.32. The van der Waals surface area contributed by atoms with Crippen LogP contribution in [0.15, 0.2) is 36.5 Å². The Labute approximate surface area is 136 Å². The Morgan fingerprint density at radius 2 is 2.04 bits per heavy atom. The number of benzene rings is 1. The van der Waals surface area contributed by atoms with Gasteiger partial charge in [0.05, 0.1) is 7.11 Å². The molecule has 1 aromatic heterocycles. The Bertz CT molecular complexity index is 659. The van der Waals surface area contributed by atoms with Crippen molar-refractivity contribution in [2.45, 2.75) is 26.3 Å². The highest BCUT2D eigenvalue weighted by Gasteiger charge is 2.09. The minimum atomic E-state index is -0.199. The van der Waals surface area contributed by atoms with Gasteiger partial charge in [0, 0.05) is 18.8 Å². The van der Waals surface area contributed by atoms with E-state index in [1.165, 1.54) is 0 Å². The number of amides is 1. The van der Waals surface area contributed by atoms with E-state index in [1.54, 1.807) is 19.4 Å². The van der Waals surface area contributed by atoms with Crippen LogP contribution in [-0.4, -0.2) is 35.6 Å². The van der Waals surface area contributed by atoms with Gasteiger partial charge in [0.25, 0.3) is 5.91 Å². The molecule has 1 amide bonds. The summed E-state index contributed by atoms with van der Waals surface area (Å²) in [4.78, 5) is 20.3. The van der Waals surface area contributed by atoms with Gasteiger partial charge < -0.3 is 15.4 Å². The van der Waals surface area contributed by atoms with E-state index in [-0.39, 0.29) is 11.9 Å². The third kappa shape index (κ3) is 4.95. The second-order valence-corrected chi connectivity index (χ2v) is 5.38. The topological polar surface area (TPSA) is 76.1 Å². The van der Waals surface area contributed by atoms with Crippen molar-refractivity contribution in [2.24, 2.45) is 0 Å². The van der Waals surface area contributed by atoms with Crippen LogP contribution in [0.25, 0.3) is 0 Å². The normalized spacial score (nSPS) is 10.4. The number of carbonyl (C=O) groups excluding carboxylic acids is 1. The van der Waals surface area contributed by atoms with Gasteiger partial charge in [0.1, 0.15) is 11.4 Å². The maximum Gasteiger partial charge on any atom is 0.270 e. The lowest BCUT2D eigenvalue weighted by atomic mass is 10.1. The van der Waals surface area contributed by atoms with Gasteiger partial charge in [-0.2, -0.15) is 0 Å². The molecule has 0 aliphatic carbocycles. The molecule has 0 atom stereocenters. The van der Waals surface area contributed by atoms with E-state index < -0.39 is 0 Å². The minimum absolute atomic E-state index is 0.0689. The number of para-hydroxylation sites is 1. The molecular weight excluding hydrogens is 292 g/mol. The highest BCUT2D eigenvalue weighted by atomic mass is 16.5. The van der Waals surface area contributed by atoms with E-state index in [1.807, 2.05) is 38.1 Å². The average molecular weight is 314 g/mol. The van der Waals surface area contributed by atoms with Gasteiger partial charge >= 0.3 is 0 Å². The molecule has 2 rings (SSSR count). The molecule has 122 valence electrons. The van der Waals surface area contributed by atoms with Crippen molar-refractivity contribution < 1.29 is 9.53 Å². The van der Waals surface area contributed by atoms with Crippen LogP contribution in [0.1, 0.15) is 29.9 Å². The lowest BCUT2D eigenvalue weighted by Crippen LogP contribution is -2.31. The van der Waals surface area contributed by atoms with E-state index in [4.69, 9.17) is 4.74 Å². The van der Waals surface area contributed by atoms with E-state index in [2.05, 4.69) is 20.6 Å². The van der Waals surface area contributed by atoms with Crippen LogP contribution in [0.2, 0.25) is 0 Å². The molecule has 0 saturated heterocycles. The fourth-order valence-corrected chi connectivity index (χ4v) is 2.12. The first-order valence-electron chi connectivity index (χ1n) is 7.60. The number of nitrogens with one attached hydrogen (secondary N) is 2. The van der Waals surface area contributed by atoms with Crippen molar-refractivity contribution >= 4 is 11.9 Å². The molecule has 6 nitrogen and oxygen atoms in total. The number of rotatable bonds is 7. The molecule has 0 saturated carbocycles. The predicted octanol–water partition coefficient (Wildman–Crippen LogP) is 2.28.